The molecule has 0 N–H and O–H groups in total. The first-order valence-electron chi connectivity index (χ1n) is 4.61. The predicted octanol–water partition coefficient (Wildman–Crippen LogP) is 2.98. The van der Waals surface area contributed by atoms with Gasteiger partial charge in [-0.15, -0.1) is 0 Å². The lowest BCUT2D eigenvalue weighted by atomic mass is 10.1. The molecule has 0 fully saturated rings. The van der Waals surface area contributed by atoms with Gasteiger partial charge in [0, 0.05) is 11.4 Å². The summed E-state index contributed by atoms with van der Waals surface area (Å²) in [7, 11) is 0. The molecular weight excluding hydrogens is 146 g/mol. The van der Waals surface area contributed by atoms with Gasteiger partial charge in [0.05, 0.1) is 0 Å². The zero-order valence-corrected chi connectivity index (χ0v) is 8.17. The lowest BCUT2D eigenvalue weighted by molar-refractivity contribution is 0.581. The van der Waals surface area contributed by atoms with Gasteiger partial charge in [-0.3, -0.25) is 4.98 Å². The number of hydrogen-bond acceptors (Lipinski definition) is 1. The molecule has 1 heteroatoms. The van der Waals surface area contributed by atoms with Crippen molar-refractivity contribution < 1.29 is 0 Å². The van der Waals surface area contributed by atoms with Gasteiger partial charge in [-0.2, -0.15) is 0 Å². The fraction of sp³-hybridized carbons (Fsp3) is 0.545. The second kappa shape index (κ2) is 4.24. The average molecular weight is 163 g/mol. The molecule has 0 aliphatic rings. The van der Waals surface area contributed by atoms with Crippen LogP contribution in [0.25, 0.3) is 0 Å². The van der Waals surface area contributed by atoms with E-state index < -0.39 is 0 Å². The lowest BCUT2D eigenvalue weighted by Gasteiger charge is -2.03. The molecule has 0 unspecified atom stereocenters. The number of aryl methyl sites for hydroxylation is 2. The highest BCUT2D eigenvalue weighted by atomic mass is 14.7. The third-order valence-corrected chi connectivity index (χ3v) is 1.92. The third-order valence-electron chi connectivity index (χ3n) is 1.92. The van der Waals surface area contributed by atoms with Crippen molar-refractivity contribution in [1.29, 1.82) is 0 Å². The molecule has 1 aromatic rings. The van der Waals surface area contributed by atoms with Crippen LogP contribution in [0.5, 0.6) is 0 Å². The maximum Gasteiger partial charge on any atom is 0.0406 e. The molecule has 0 spiro atoms. The lowest BCUT2D eigenvalue weighted by Crippen LogP contribution is -1.95. The van der Waals surface area contributed by atoms with E-state index in [-0.39, 0.29) is 0 Å². The topological polar surface area (TPSA) is 12.9 Å². The van der Waals surface area contributed by atoms with Crippen LogP contribution >= 0.6 is 0 Å². The molecule has 0 aromatic carbocycles. The van der Waals surface area contributed by atoms with E-state index in [0.717, 1.165) is 18.0 Å². The summed E-state index contributed by atoms with van der Waals surface area (Å²) < 4.78 is 0. The molecule has 0 atom stereocenters. The third kappa shape index (κ3) is 3.04. The first-order chi connectivity index (χ1) is 5.68. The number of hydrogen-bond donors (Lipinski definition) is 0. The Labute approximate surface area is 74.8 Å². The quantitative estimate of drug-likeness (QED) is 0.667. The van der Waals surface area contributed by atoms with Gasteiger partial charge in [0.1, 0.15) is 0 Å². The van der Waals surface area contributed by atoms with Gasteiger partial charge in [0.2, 0.25) is 0 Å². The highest BCUT2D eigenvalue weighted by Crippen LogP contribution is 2.06. The SMILES string of the molecule is Cc1cccc(CCC(C)C)n1. The van der Waals surface area contributed by atoms with Crippen LogP contribution in [0.4, 0.5) is 0 Å². The highest BCUT2D eigenvalue weighted by molar-refractivity contribution is 5.09. The largest absolute Gasteiger partial charge is 0.258 e. The number of rotatable bonds is 3. The second-order valence-corrected chi connectivity index (χ2v) is 3.70. The van der Waals surface area contributed by atoms with Gasteiger partial charge in [-0.1, -0.05) is 19.9 Å². The zero-order chi connectivity index (χ0) is 8.97. The van der Waals surface area contributed by atoms with Gasteiger partial charge in [-0.25, -0.2) is 0 Å². The summed E-state index contributed by atoms with van der Waals surface area (Å²) in [6.45, 7) is 6.53. The average Bonchev–Trinajstić information content (AvgIpc) is 2.01. The van der Waals surface area contributed by atoms with E-state index in [2.05, 4.69) is 31.0 Å². The van der Waals surface area contributed by atoms with E-state index in [1.165, 1.54) is 12.1 Å². The van der Waals surface area contributed by atoms with Crippen molar-refractivity contribution in [2.75, 3.05) is 0 Å². The molecule has 1 aromatic heterocycles. The fourth-order valence-corrected chi connectivity index (χ4v) is 1.18. The Balaban J connectivity index is 2.52. The summed E-state index contributed by atoms with van der Waals surface area (Å²) in [5.41, 5.74) is 2.35. The summed E-state index contributed by atoms with van der Waals surface area (Å²) in [4.78, 5) is 4.45. The van der Waals surface area contributed by atoms with Gasteiger partial charge >= 0.3 is 0 Å². The highest BCUT2D eigenvalue weighted by Gasteiger charge is 1.97. The Bertz CT molecular complexity index is 241. The van der Waals surface area contributed by atoms with Crippen molar-refractivity contribution in [2.45, 2.75) is 33.6 Å². The molecule has 1 heterocycles. The van der Waals surface area contributed by atoms with Crippen molar-refractivity contribution in [3.8, 4) is 0 Å². The predicted molar refractivity (Wildman–Crippen MR) is 52.1 cm³/mol. The van der Waals surface area contributed by atoms with Crippen molar-refractivity contribution in [3.63, 3.8) is 0 Å². The first-order valence-corrected chi connectivity index (χ1v) is 4.61. The van der Waals surface area contributed by atoms with Crippen LogP contribution in [0.3, 0.4) is 0 Å². The maximum atomic E-state index is 4.45. The van der Waals surface area contributed by atoms with Crippen molar-refractivity contribution in [3.05, 3.63) is 29.6 Å². The monoisotopic (exact) mass is 163 g/mol. The minimum atomic E-state index is 0.771. The Hall–Kier alpha value is -0.850. The zero-order valence-electron chi connectivity index (χ0n) is 8.17. The van der Waals surface area contributed by atoms with Crippen LogP contribution in [0, 0.1) is 12.8 Å². The van der Waals surface area contributed by atoms with Gasteiger partial charge in [0.15, 0.2) is 0 Å². The van der Waals surface area contributed by atoms with Crippen LogP contribution in [0.2, 0.25) is 0 Å². The summed E-state index contributed by atoms with van der Waals surface area (Å²) >= 11 is 0. The fourth-order valence-electron chi connectivity index (χ4n) is 1.18. The molecule has 1 rings (SSSR count). The molecule has 12 heavy (non-hydrogen) atoms. The van der Waals surface area contributed by atoms with Crippen LogP contribution in [-0.4, -0.2) is 4.98 Å². The molecule has 0 saturated carbocycles. The molecule has 0 aliphatic heterocycles. The van der Waals surface area contributed by atoms with E-state index in [0.29, 0.717) is 0 Å². The Morgan fingerprint density at radius 3 is 2.67 bits per heavy atom. The van der Waals surface area contributed by atoms with Crippen molar-refractivity contribution in [1.82, 2.24) is 4.98 Å². The van der Waals surface area contributed by atoms with E-state index in [1.54, 1.807) is 0 Å². The number of nitrogens with zero attached hydrogens (tertiary/aromatic N) is 1. The first kappa shape index (κ1) is 9.24. The Morgan fingerprint density at radius 2 is 2.08 bits per heavy atom. The van der Waals surface area contributed by atoms with Crippen LogP contribution < -0.4 is 0 Å². The minimum absolute atomic E-state index is 0.771. The Morgan fingerprint density at radius 1 is 1.33 bits per heavy atom. The second-order valence-electron chi connectivity index (χ2n) is 3.70. The number of pyridine rings is 1. The van der Waals surface area contributed by atoms with Gasteiger partial charge in [0.25, 0.3) is 0 Å². The van der Waals surface area contributed by atoms with Crippen LogP contribution in [0.15, 0.2) is 18.2 Å². The van der Waals surface area contributed by atoms with E-state index >= 15 is 0 Å². The Kier molecular flexibility index (Phi) is 3.27. The minimum Gasteiger partial charge on any atom is -0.258 e. The van der Waals surface area contributed by atoms with E-state index in [9.17, 15) is 0 Å². The van der Waals surface area contributed by atoms with Crippen LogP contribution in [0.1, 0.15) is 31.7 Å². The summed E-state index contributed by atoms with van der Waals surface area (Å²) in [5.74, 6) is 0.771. The van der Waals surface area contributed by atoms with Crippen molar-refractivity contribution in [2.24, 2.45) is 5.92 Å². The molecule has 0 bridgehead atoms. The summed E-state index contributed by atoms with van der Waals surface area (Å²) in [5, 5.41) is 0. The molecular formula is C11H17N. The molecule has 66 valence electrons. The maximum absolute atomic E-state index is 4.45. The van der Waals surface area contributed by atoms with Crippen LogP contribution in [-0.2, 0) is 6.42 Å². The smallest absolute Gasteiger partial charge is 0.0406 e. The van der Waals surface area contributed by atoms with Crippen molar-refractivity contribution >= 4 is 0 Å². The molecule has 0 aliphatic carbocycles. The molecule has 0 amide bonds. The van der Waals surface area contributed by atoms with E-state index in [1.807, 2.05) is 13.0 Å². The van der Waals surface area contributed by atoms with E-state index in [4.69, 9.17) is 0 Å². The summed E-state index contributed by atoms with van der Waals surface area (Å²) in [6.07, 6.45) is 2.34. The summed E-state index contributed by atoms with van der Waals surface area (Å²) in [6, 6.07) is 6.23. The molecule has 0 saturated heterocycles. The molecule has 1 nitrogen and oxygen atoms in total. The van der Waals surface area contributed by atoms with Gasteiger partial charge in [-0.05, 0) is 37.8 Å². The number of aromatic nitrogens is 1. The van der Waals surface area contributed by atoms with Gasteiger partial charge < -0.3 is 0 Å². The standard InChI is InChI=1S/C11H17N/c1-9(2)7-8-11-6-4-5-10(3)12-11/h4-6,9H,7-8H2,1-3H3. The normalized spacial score (nSPS) is 10.7. The molecule has 0 radical (unpaired) electrons.